The first-order valence-electron chi connectivity index (χ1n) is 11.3. The Morgan fingerprint density at radius 2 is 1.94 bits per heavy atom. The Labute approximate surface area is 187 Å². The standard InChI is InChI=1S/C26H28N4O2/c1-18-11-12-22-21(14-18)24-25(30(22)16-23(31)29-13-7-6-8-19(29)2)26(32)28(17-27-24)15-20-9-4-3-5-10-20/h3-5,9-12,14,17,19H,6-8,13,15-16H2,1-2H3. The Kier molecular flexibility index (Phi) is 5.29. The molecule has 6 nitrogen and oxygen atoms in total. The van der Waals surface area contributed by atoms with Crippen LogP contribution in [0.5, 0.6) is 0 Å². The van der Waals surface area contributed by atoms with Crippen LogP contribution >= 0.6 is 0 Å². The summed E-state index contributed by atoms with van der Waals surface area (Å²) in [6, 6.07) is 16.2. The molecule has 0 N–H and O–H groups in total. The van der Waals surface area contributed by atoms with E-state index in [1.165, 1.54) is 0 Å². The Bertz CT molecular complexity index is 1350. The lowest BCUT2D eigenvalue weighted by Crippen LogP contribution is -2.43. The zero-order valence-electron chi connectivity index (χ0n) is 18.6. The second-order valence-corrected chi connectivity index (χ2v) is 8.90. The van der Waals surface area contributed by atoms with Crippen molar-refractivity contribution >= 4 is 27.8 Å². The Balaban J connectivity index is 1.64. The molecule has 1 amide bonds. The molecule has 0 bridgehead atoms. The minimum Gasteiger partial charge on any atom is -0.338 e. The number of piperidine rings is 1. The first-order valence-corrected chi connectivity index (χ1v) is 11.3. The minimum absolute atomic E-state index is 0.0643. The second-order valence-electron chi connectivity index (χ2n) is 8.90. The van der Waals surface area contributed by atoms with Crippen LogP contribution in [0.2, 0.25) is 0 Å². The van der Waals surface area contributed by atoms with Crippen LogP contribution in [0.3, 0.4) is 0 Å². The van der Waals surface area contributed by atoms with Crippen LogP contribution in [-0.2, 0) is 17.9 Å². The lowest BCUT2D eigenvalue weighted by molar-refractivity contribution is -0.134. The summed E-state index contributed by atoms with van der Waals surface area (Å²) in [7, 11) is 0. The van der Waals surface area contributed by atoms with E-state index in [0.717, 1.165) is 47.8 Å². The molecule has 2 aromatic carbocycles. The maximum absolute atomic E-state index is 13.6. The number of likely N-dealkylation sites (tertiary alicyclic amines) is 1. The molecule has 1 atom stereocenters. The summed E-state index contributed by atoms with van der Waals surface area (Å²) in [5.41, 5.74) is 4.06. The summed E-state index contributed by atoms with van der Waals surface area (Å²) in [6.07, 6.45) is 4.85. The average molecular weight is 429 g/mol. The topological polar surface area (TPSA) is 60.1 Å². The van der Waals surface area contributed by atoms with Crippen molar-refractivity contribution in [3.8, 4) is 0 Å². The highest BCUT2D eigenvalue weighted by Gasteiger charge is 2.25. The van der Waals surface area contributed by atoms with Gasteiger partial charge in [-0.25, -0.2) is 4.98 Å². The Morgan fingerprint density at radius 3 is 2.72 bits per heavy atom. The van der Waals surface area contributed by atoms with Crippen LogP contribution in [-0.4, -0.2) is 37.5 Å². The summed E-state index contributed by atoms with van der Waals surface area (Å²) in [5.74, 6) is 0.0643. The fourth-order valence-corrected chi connectivity index (χ4v) is 4.87. The summed E-state index contributed by atoms with van der Waals surface area (Å²) in [6.45, 7) is 5.52. The maximum Gasteiger partial charge on any atom is 0.278 e. The van der Waals surface area contributed by atoms with Crippen molar-refractivity contribution in [2.24, 2.45) is 0 Å². The number of nitrogens with zero attached hydrogens (tertiary/aromatic N) is 4. The van der Waals surface area contributed by atoms with Crippen LogP contribution in [0.4, 0.5) is 0 Å². The zero-order valence-corrected chi connectivity index (χ0v) is 18.6. The van der Waals surface area contributed by atoms with E-state index in [2.05, 4.69) is 18.0 Å². The van der Waals surface area contributed by atoms with E-state index in [1.807, 2.05) is 58.9 Å². The molecular formula is C26H28N4O2. The molecule has 4 aromatic rings. The van der Waals surface area contributed by atoms with E-state index in [1.54, 1.807) is 10.9 Å². The van der Waals surface area contributed by atoms with Gasteiger partial charge in [0.1, 0.15) is 17.6 Å². The number of carbonyl (C=O) groups excluding carboxylic acids is 1. The minimum atomic E-state index is -0.118. The molecule has 3 heterocycles. The number of aromatic nitrogens is 3. The second kappa shape index (κ2) is 8.26. The van der Waals surface area contributed by atoms with Crippen LogP contribution in [0, 0.1) is 6.92 Å². The van der Waals surface area contributed by atoms with E-state index >= 15 is 0 Å². The molecule has 1 aliphatic heterocycles. The molecule has 6 heteroatoms. The van der Waals surface area contributed by atoms with Gasteiger partial charge in [-0.1, -0.05) is 42.0 Å². The van der Waals surface area contributed by atoms with E-state index in [0.29, 0.717) is 17.6 Å². The molecule has 1 saturated heterocycles. The van der Waals surface area contributed by atoms with Gasteiger partial charge in [-0.3, -0.25) is 14.2 Å². The van der Waals surface area contributed by atoms with E-state index in [9.17, 15) is 9.59 Å². The number of aryl methyl sites for hydroxylation is 1. The molecule has 1 fully saturated rings. The van der Waals surface area contributed by atoms with Crippen molar-refractivity contribution in [3.05, 3.63) is 76.3 Å². The number of hydrogen-bond donors (Lipinski definition) is 0. The largest absolute Gasteiger partial charge is 0.338 e. The van der Waals surface area contributed by atoms with Gasteiger partial charge in [0.15, 0.2) is 0 Å². The van der Waals surface area contributed by atoms with E-state index < -0.39 is 0 Å². The Hall–Kier alpha value is -3.41. The van der Waals surface area contributed by atoms with Crippen molar-refractivity contribution in [3.63, 3.8) is 0 Å². The fraction of sp³-hybridized carbons (Fsp3) is 0.346. The third-order valence-corrected chi connectivity index (χ3v) is 6.59. The van der Waals surface area contributed by atoms with Gasteiger partial charge in [-0.15, -0.1) is 0 Å². The monoisotopic (exact) mass is 428 g/mol. The normalized spacial score (nSPS) is 16.7. The molecule has 0 saturated carbocycles. The Morgan fingerprint density at radius 1 is 1.12 bits per heavy atom. The number of hydrogen-bond acceptors (Lipinski definition) is 3. The lowest BCUT2D eigenvalue weighted by Gasteiger charge is -2.33. The van der Waals surface area contributed by atoms with Crippen molar-refractivity contribution in [1.82, 2.24) is 19.0 Å². The highest BCUT2D eigenvalue weighted by atomic mass is 16.2. The molecule has 5 rings (SSSR count). The van der Waals surface area contributed by atoms with Crippen LogP contribution in [0.25, 0.3) is 21.9 Å². The van der Waals surface area contributed by atoms with Crippen LogP contribution in [0.15, 0.2) is 59.7 Å². The highest BCUT2D eigenvalue weighted by Crippen LogP contribution is 2.27. The van der Waals surface area contributed by atoms with Gasteiger partial charge in [-0.2, -0.15) is 0 Å². The molecule has 0 spiro atoms. The molecule has 2 aromatic heterocycles. The fourth-order valence-electron chi connectivity index (χ4n) is 4.87. The highest BCUT2D eigenvalue weighted by molar-refractivity contribution is 6.06. The van der Waals surface area contributed by atoms with Gasteiger partial charge in [-0.05, 0) is 50.8 Å². The molecule has 1 aliphatic rings. The van der Waals surface area contributed by atoms with Crippen LogP contribution < -0.4 is 5.56 Å². The third-order valence-electron chi connectivity index (χ3n) is 6.59. The SMILES string of the molecule is Cc1ccc2c(c1)c1ncn(Cc3ccccc3)c(=O)c1n2CC(=O)N1CCCCC1C. The van der Waals surface area contributed by atoms with Crippen molar-refractivity contribution in [1.29, 1.82) is 0 Å². The molecule has 0 aliphatic carbocycles. The smallest absolute Gasteiger partial charge is 0.278 e. The molecule has 32 heavy (non-hydrogen) atoms. The first-order chi connectivity index (χ1) is 15.5. The molecule has 0 radical (unpaired) electrons. The van der Waals surface area contributed by atoms with Crippen molar-refractivity contribution in [2.45, 2.75) is 52.2 Å². The lowest BCUT2D eigenvalue weighted by atomic mass is 10.0. The van der Waals surface area contributed by atoms with Crippen molar-refractivity contribution in [2.75, 3.05) is 6.54 Å². The number of fused-ring (bicyclic) bond motifs is 3. The maximum atomic E-state index is 13.6. The van der Waals surface area contributed by atoms with E-state index in [4.69, 9.17) is 0 Å². The van der Waals surface area contributed by atoms with Gasteiger partial charge < -0.3 is 9.47 Å². The number of benzene rings is 2. The molecule has 164 valence electrons. The van der Waals surface area contributed by atoms with E-state index in [-0.39, 0.29) is 24.1 Å². The van der Waals surface area contributed by atoms with Gasteiger partial charge in [0, 0.05) is 18.0 Å². The average Bonchev–Trinajstić information content (AvgIpc) is 3.10. The van der Waals surface area contributed by atoms with Crippen molar-refractivity contribution < 1.29 is 4.79 Å². The van der Waals surface area contributed by atoms with Gasteiger partial charge >= 0.3 is 0 Å². The third kappa shape index (κ3) is 3.60. The van der Waals surface area contributed by atoms with Gasteiger partial charge in [0.2, 0.25) is 5.91 Å². The van der Waals surface area contributed by atoms with Crippen LogP contribution in [0.1, 0.15) is 37.3 Å². The predicted octanol–water partition coefficient (Wildman–Crippen LogP) is 4.11. The predicted molar refractivity (Wildman–Crippen MR) is 127 cm³/mol. The number of amides is 1. The summed E-state index contributed by atoms with van der Waals surface area (Å²) in [4.78, 5) is 33.5. The molecular weight excluding hydrogens is 400 g/mol. The number of rotatable bonds is 4. The summed E-state index contributed by atoms with van der Waals surface area (Å²) >= 11 is 0. The molecule has 1 unspecified atom stereocenters. The quantitative estimate of drug-likeness (QED) is 0.492. The van der Waals surface area contributed by atoms with Gasteiger partial charge in [0.05, 0.1) is 18.4 Å². The summed E-state index contributed by atoms with van der Waals surface area (Å²) in [5, 5.41) is 0.920. The summed E-state index contributed by atoms with van der Waals surface area (Å²) < 4.78 is 3.51. The van der Waals surface area contributed by atoms with Gasteiger partial charge in [0.25, 0.3) is 5.56 Å². The first kappa shape index (κ1) is 20.5. The number of carbonyl (C=O) groups is 1. The zero-order chi connectivity index (χ0) is 22.2.